The first kappa shape index (κ1) is 25.4. The average Bonchev–Trinajstić information content (AvgIpc) is 3.28. The van der Waals surface area contributed by atoms with E-state index in [1.807, 2.05) is 20.8 Å². The highest BCUT2D eigenvalue weighted by molar-refractivity contribution is 7.99. The summed E-state index contributed by atoms with van der Waals surface area (Å²) in [6, 6.07) is 3.21. The maximum absolute atomic E-state index is 12.6. The fourth-order valence-corrected chi connectivity index (χ4v) is 5.43. The highest BCUT2D eigenvalue weighted by Crippen LogP contribution is 2.35. The molecule has 1 aliphatic heterocycles. The van der Waals surface area contributed by atoms with Crippen LogP contribution in [-0.2, 0) is 14.9 Å². The van der Waals surface area contributed by atoms with Crippen molar-refractivity contribution in [1.29, 1.82) is 0 Å². The molecule has 0 spiro atoms. The molecule has 0 radical (unpaired) electrons. The lowest BCUT2D eigenvalue weighted by Crippen LogP contribution is -2.37. The molecule has 7 nitrogen and oxygen atoms in total. The Morgan fingerprint density at radius 1 is 1.25 bits per heavy atom. The van der Waals surface area contributed by atoms with Crippen molar-refractivity contribution in [3.63, 3.8) is 0 Å². The van der Waals surface area contributed by atoms with Crippen molar-refractivity contribution in [1.82, 2.24) is 15.1 Å². The number of hydrogen-bond donors (Lipinski definition) is 0. The molecule has 1 aromatic heterocycles. The second kappa shape index (κ2) is 10.3. The number of anilines is 1. The van der Waals surface area contributed by atoms with E-state index in [1.165, 1.54) is 32.9 Å². The molecule has 1 aliphatic rings. The Kier molecular flexibility index (Phi) is 8.20. The van der Waals surface area contributed by atoms with E-state index in [-0.39, 0.29) is 30.4 Å². The van der Waals surface area contributed by atoms with E-state index in [2.05, 4.69) is 10.2 Å². The van der Waals surface area contributed by atoms with E-state index in [1.54, 1.807) is 19.2 Å². The molecule has 32 heavy (non-hydrogen) atoms. The van der Waals surface area contributed by atoms with Gasteiger partial charge in [-0.2, -0.15) is 0 Å². The van der Waals surface area contributed by atoms with E-state index < -0.39 is 6.23 Å². The zero-order valence-corrected chi connectivity index (χ0v) is 21.9. The molecule has 1 saturated heterocycles. The molecule has 1 atom stereocenters. The number of aromatic nitrogens is 2. The van der Waals surface area contributed by atoms with Crippen LogP contribution >= 0.6 is 57.9 Å². The lowest BCUT2D eigenvalue weighted by molar-refractivity contribution is -0.148. The summed E-state index contributed by atoms with van der Waals surface area (Å²) in [7, 11) is 1.66. The minimum Gasteiger partial charge on any atom is -0.439 e. The van der Waals surface area contributed by atoms with Gasteiger partial charge >= 0.3 is 12.0 Å². The number of ether oxygens (including phenoxy) is 1. The third-order valence-corrected chi connectivity index (χ3v) is 8.14. The van der Waals surface area contributed by atoms with Gasteiger partial charge in [-0.3, -0.25) is 4.79 Å². The van der Waals surface area contributed by atoms with Crippen LogP contribution in [0.15, 0.2) is 17.0 Å². The first-order chi connectivity index (χ1) is 15.0. The molecule has 2 aromatic rings. The summed E-state index contributed by atoms with van der Waals surface area (Å²) in [6.07, 6.45) is 0.0701. The maximum Gasteiger partial charge on any atom is 0.329 e. The standard InChI is InChI=1S/C20H23Cl3N4O3S2/c1-20(2,3)17-24-25-18(32-17)27-14(10-26(4)19(27)29)30-15(28)6-5-7-31-11-8-12(21)16(23)13(22)9-11/h8-9,14H,5-7,10H2,1-4H3. The number of rotatable bonds is 7. The molecule has 0 saturated carbocycles. The predicted molar refractivity (Wildman–Crippen MR) is 130 cm³/mol. The number of urea groups is 1. The predicted octanol–water partition coefficient (Wildman–Crippen LogP) is 6.11. The molecule has 0 N–H and O–H groups in total. The molecule has 2 heterocycles. The number of hydrogen-bond acceptors (Lipinski definition) is 7. The molecule has 12 heteroatoms. The zero-order valence-electron chi connectivity index (χ0n) is 18.0. The summed E-state index contributed by atoms with van der Waals surface area (Å²) in [4.78, 5) is 28.8. The summed E-state index contributed by atoms with van der Waals surface area (Å²) in [5.41, 5.74) is -0.188. The van der Waals surface area contributed by atoms with Crippen molar-refractivity contribution in [2.24, 2.45) is 0 Å². The average molecular weight is 538 g/mol. The first-order valence-corrected chi connectivity index (χ1v) is 12.8. The lowest BCUT2D eigenvalue weighted by atomic mass is 9.98. The van der Waals surface area contributed by atoms with Crippen LogP contribution in [0.1, 0.15) is 38.6 Å². The third-order valence-electron chi connectivity index (χ3n) is 4.53. The van der Waals surface area contributed by atoms with Gasteiger partial charge in [0.2, 0.25) is 11.4 Å². The third kappa shape index (κ3) is 5.99. The Bertz CT molecular complexity index is 989. The van der Waals surface area contributed by atoms with E-state index in [9.17, 15) is 9.59 Å². The molecule has 2 amide bonds. The number of amides is 2. The van der Waals surface area contributed by atoms with Gasteiger partial charge in [0.25, 0.3) is 0 Å². The zero-order chi connectivity index (χ0) is 23.6. The van der Waals surface area contributed by atoms with Gasteiger partial charge < -0.3 is 9.64 Å². The molecule has 0 bridgehead atoms. The number of esters is 1. The largest absolute Gasteiger partial charge is 0.439 e. The van der Waals surface area contributed by atoms with Crippen molar-refractivity contribution in [3.05, 3.63) is 32.2 Å². The van der Waals surface area contributed by atoms with Crippen LogP contribution < -0.4 is 4.90 Å². The summed E-state index contributed by atoms with van der Waals surface area (Å²) in [5.74, 6) is 0.290. The Labute approximate surface area is 210 Å². The maximum atomic E-state index is 12.6. The van der Waals surface area contributed by atoms with Crippen molar-refractivity contribution < 1.29 is 14.3 Å². The Morgan fingerprint density at radius 2 is 1.91 bits per heavy atom. The van der Waals surface area contributed by atoms with Gasteiger partial charge in [0, 0.05) is 23.8 Å². The van der Waals surface area contributed by atoms with Crippen molar-refractivity contribution in [2.75, 3.05) is 24.2 Å². The van der Waals surface area contributed by atoms with Crippen LogP contribution in [0.3, 0.4) is 0 Å². The smallest absolute Gasteiger partial charge is 0.329 e. The highest BCUT2D eigenvalue weighted by Gasteiger charge is 2.41. The molecule has 174 valence electrons. The minimum atomic E-state index is -0.734. The van der Waals surface area contributed by atoms with Crippen LogP contribution in [-0.4, -0.2) is 52.7 Å². The fourth-order valence-electron chi connectivity index (χ4n) is 2.84. The second-order valence-corrected chi connectivity index (χ2v) is 11.6. The van der Waals surface area contributed by atoms with E-state index in [0.29, 0.717) is 32.4 Å². The quantitative estimate of drug-likeness (QED) is 0.184. The number of likely N-dealkylation sites (N-methyl/N-ethyl adjacent to an activating group) is 1. The van der Waals surface area contributed by atoms with Gasteiger partial charge in [0.1, 0.15) is 5.01 Å². The van der Waals surface area contributed by atoms with Crippen LogP contribution in [0.2, 0.25) is 15.1 Å². The Morgan fingerprint density at radius 3 is 2.50 bits per heavy atom. The summed E-state index contributed by atoms with van der Waals surface area (Å²) < 4.78 is 5.61. The second-order valence-electron chi connectivity index (χ2n) is 8.27. The van der Waals surface area contributed by atoms with Crippen molar-refractivity contribution >= 4 is 75.0 Å². The number of carbonyl (C=O) groups excluding carboxylic acids is 2. The summed E-state index contributed by atoms with van der Waals surface area (Å²) >= 11 is 20.9. The number of carbonyl (C=O) groups is 2. The number of halogens is 3. The van der Waals surface area contributed by atoms with Gasteiger partial charge in [0.15, 0.2) is 0 Å². The number of thioether (sulfide) groups is 1. The lowest BCUT2D eigenvalue weighted by Gasteiger charge is -2.20. The number of benzene rings is 1. The van der Waals surface area contributed by atoms with E-state index >= 15 is 0 Å². The molecule has 1 fully saturated rings. The molecular formula is C20H23Cl3N4O3S2. The van der Waals surface area contributed by atoms with Crippen LogP contribution in [0.5, 0.6) is 0 Å². The SMILES string of the molecule is CN1CC(OC(=O)CCCSc2cc(Cl)c(Cl)c(Cl)c2)N(c2nnc(C(C)(C)C)s2)C1=O. The Balaban J connectivity index is 1.55. The van der Waals surface area contributed by atoms with Gasteiger partial charge in [-0.1, -0.05) is 66.9 Å². The molecule has 1 unspecified atom stereocenters. The van der Waals surface area contributed by atoms with Gasteiger partial charge in [-0.15, -0.1) is 22.0 Å². The Hall–Kier alpha value is -1.26. The van der Waals surface area contributed by atoms with Crippen molar-refractivity contribution in [2.45, 2.75) is 50.2 Å². The summed E-state index contributed by atoms with van der Waals surface area (Å²) in [6.45, 7) is 6.34. The van der Waals surface area contributed by atoms with Gasteiger partial charge in [-0.25, -0.2) is 9.69 Å². The molecular weight excluding hydrogens is 515 g/mol. The normalized spacial score (nSPS) is 16.7. The first-order valence-electron chi connectivity index (χ1n) is 9.82. The molecule has 1 aromatic carbocycles. The minimum absolute atomic E-state index is 0.188. The van der Waals surface area contributed by atoms with Crippen LogP contribution in [0.25, 0.3) is 0 Å². The van der Waals surface area contributed by atoms with Crippen molar-refractivity contribution in [3.8, 4) is 0 Å². The fraction of sp³-hybridized carbons (Fsp3) is 0.500. The van der Waals surface area contributed by atoms with Gasteiger partial charge in [-0.05, 0) is 24.3 Å². The molecule has 0 aliphatic carbocycles. The van der Waals surface area contributed by atoms with Crippen LogP contribution in [0, 0.1) is 0 Å². The molecule has 3 rings (SSSR count). The van der Waals surface area contributed by atoms with Crippen LogP contribution in [0.4, 0.5) is 9.93 Å². The van der Waals surface area contributed by atoms with E-state index in [4.69, 9.17) is 39.5 Å². The van der Waals surface area contributed by atoms with Gasteiger partial charge in [0.05, 0.1) is 21.6 Å². The summed E-state index contributed by atoms with van der Waals surface area (Å²) in [5, 5.41) is 10.7. The topological polar surface area (TPSA) is 75.6 Å². The number of nitrogens with zero attached hydrogens (tertiary/aromatic N) is 4. The highest BCUT2D eigenvalue weighted by atomic mass is 35.5. The van der Waals surface area contributed by atoms with E-state index in [0.717, 1.165) is 9.90 Å². The monoisotopic (exact) mass is 536 g/mol.